The molecule has 9 rings (SSSR count). The Morgan fingerprint density at radius 3 is 0.957 bits per heavy atom. The molecule has 0 N–H and O–H groups in total. The molecule has 218 valence electrons. The smallest absolute Gasteiger partial charge is 0.261 e. The van der Waals surface area contributed by atoms with Crippen LogP contribution in [0.5, 0.6) is 0 Å². The van der Waals surface area contributed by atoms with Gasteiger partial charge in [0.05, 0.1) is 0 Å². The average molecular weight is 597 g/mol. The van der Waals surface area contributed by atoms with Crippen molar-refractivity contribution in [1.29, 1.82) is 0 Å². The van der Waals surface area contributed by atoms with Gasteiger partial charge in [-0.25, -0.2) is 0 Å². The molecule has 2 heterocycles. The van der Waals surface area contributed by atoms with Crippen molar-refractivity contribution in [2.45, 2.75) is 0 Å². The van der Waals surface area contributed by atoms with Crippen molar-refractivity contribution < 1.29 is 19.2 Å². The van der Waals surface area contributed by atoms with Crippen LogP contribution in [0.3, 0.4) is 0 Å². The number of rotatable bonds is 2. The molecule has 0 spiro atoms. The van der Waals surface area contributed by atoms with Crippen LogP contribution in [0, 0.1) is 0 Å². The maximum absolute atomic E-state index is 13.2. The maximum atomic E-state index is 13.2. The monoisotopic (exact) mass is 596 g/mol. The number of nitrogens with zero attached hydrogens (tertiary/aromatic N) is 2. The van der Waals surface area contributed by atoms with E-state index in [0.29, 0.717) is 33.0 Å². The highest BCUT2D eigenvalue weighted by Gasteiger charge is 2.33. The van der Waals surface area contributed by atoms with E-state index in [0.717, 1.165) is 54.6 Å². The molecular weight excluding hydrogens is 572 g/mol. The molecule has 46 heavy (non-hydrogen) atoms. The van der Waals surface area contributed by atoms with Crippen molar-refractivity contribution in [2.75, 3.05) is 14.1 Å². The summed E-state index contributed by atoms with van der Waals surface area (Å²) in [6.07, 6.45) is 0. The molecule has 0 saturated heterocycles. The standard InChI is InChI=1S/C40H24N2O4/c1-41-37(43)29-15-7-13-25-27(17-19-31(35(25)29)39(41)45)33-21-9-3-5-11-23(21)34(24-12-6-4-10-22(24)33)28-18-20-32-36-26(28)14-8-16-30(36)38(44)42(2)40(32)46/h3-20H,1-2H3. The SMILES string of the molecule is CN1C(=O)c2cccc3c(-c4c5ccccc5c(-c5ccc6c7c(cccc57)C(=O)N(C)C6=O)c5ccccc45)ccc(c23)C1=O. The van der Waals surface area contributed by atoms with E-state index in [2.05, 4.69) is 24.3 Å². The number of carbonyl (C=O) groups excluding carboxylic acids is 4. The Hall–Kier alpha value is -6.14. The molecule has 2 aliphatic rings. The molecule has 0 radical (unpaired) electrons. The third-order valence-corrected chi connectivity index (χ3v) is 9.69. The first-order valence-electron chi connectivity index (χ1n) is 15.1. The summed E-state index contributed by atoms with van der Waals surface area (Å²) in [6, 6.07) is 35.4. The highest BCUT2D eigenvalue weighted by atomic mass is 16.2. The molecule has 0 atom stereocenters. The Morgan fingerprint density at radius 1 is 0.326 bits per heavy atom. The summed E-state index contributed by atoms with van der Waals surface area (Å²) in [5.74, 6) is -1.24. The lowest BCUT2D eigenvalue weighted by Gasteiger charge is -2.26. The topological polar surface area (TPSA) is 74.8 Å². The van der Waals surface area contributed by atoms with Gasteiger partial charge >= 0.3 is 0 Å². The molecule has 0 fully saturated rings. The zero-order valence-electron chi connectivity index (χ0n) is 24.9. The van der Waals surface area contributed by atoms with E-state index in [9.17, 15) is 19.2 Å². The van der Waals surface area contributed by atoms with Crippen molar-refractivity contribution in [3.8, 4) is 22.3 Å². The van der Waals surface area contributed by atoms with Gasteiger partial charge < -0.3 is 0 Å². The normalized spacial score (nSPS) is 14.4. The Kier molecular flexibility index (Phi) is 5.25. The van der Waals surface area contributed by atoms with E-state index in [-0.39, 0.29) is 23.6 Å². The lowest BCUT2D eigenvalue weighted by atomic mass is 9.81. The van der Waals surface area contributed by atoms with Crippen LogP contribution in [-0.2, 0) is 0 Å². The first-order valence-corrected chi connectivity index (χ1v) is 15.1. The fourth-order valence-electron chi connectivity index (χ4n) is 7.58. The lowest BCUT2D eigenvalue weighted by Crippen LogP contribution is -2.36. The Balaban J connectivity index is 1.42. The van der Waals surface area contributed by atoms with E-state index >= 15 is 0 Å². The van der Waals surface area contributed by atoms with Gasteiger partial charge in [-0.3, -0.25) is 29.0 Å². The summed E-state index contributed by atoms with van der Waals surface area (Å²) >= 11 is 0. The number of benzene rings is 7. The van der Waals surface area contributed by atoms with Crippen LogP contribution >= 0.6 is 0 Å². The highest BCUT2D eigenvalue weighted by Crippen LogP contribution is 2.48. The number of hydrogen-bond donors (Lipinski definition) is 0. The van der Waals surface area contributed by atoms with E-state index in [1.165, 1.54) is 23.9 Å². The second-order valence-corrected chi connectivity index (χ2v) is 12.0. The molecule has 0 unspecified atom stereocenters. The molecule has 7 aromatic rings. The minimum atomic E-state index is -0.309. The number of fused-ring (bicyclic) bond motifs is 2. The number of imide groups is 2. The number of hydrogen-bond acceptors (Lipinski definition) is 4. The van der Waals surface area contributed by atoms with Crippen LogP contribution in [0.4, 0.5) is 0 Å². The maximum Gasteiger partial charge on any atom is 0.261 e. The van der Waals surface area contributed by atoms with Crippen LogP contribution in [0.25, 0.3) is 65.3 Å². The number of amides is 4. The fraction of sp³-hybridized carbons (Fsp3) is 0.0500. The Labute approximate surface area is 263 Å². The van der Waals surface area contributed by atoms with E-state index in [1.807, 2.05) is 72.8 Å². The molecule has 0 saturated carbocycles. The first-order chi connectivity index (χ1) is 22.4. The zero-order chi connectivity index (χ0) is 31.4. The molecule has 6 nitrogen and oxygen atoms in total. The van der Waals surface area contributed by atoms with E-state index < -0.39 is 0 Å². The van der Waals surface area contributed by atoms with Crippen LogP contribution < -0.4 is 0 Å². The summed E-state index contributed by atoms with van der Waals surface area (Å²) in [5, 5.41) is 7.07. The molecular formula is C40H24N2O4. The van der Waals surface area contributed by atoms with Crippen molar-refractivity contribution >= 4 is 66.7 Å². The molecule has 0 aromatic heterocycles. The lowest BCUT2D eigenvalue weighted by molar-refractivity contribution is 0.0635. The summed E-state index contributed by atoms with van der Waals surface area (Å²) in [7, 11) is 3.04. The van der Waals surface area contributed by atoms with Crippen molar-refractivity contribution in [1.82, 2.24) is 9.80 Å². The van der Waals surface area contributed by atoms with Gasteiger partial charge in [0.2, 0.25) is 0 Å². The molecule has 0 bridgehead atoms. The minimum absolute atomic E-state index is 0.309. The molecule has 6 heteroatoms. The highest BCUT2D eigenvalue weighted by molar-refractivity contribution is 6.32. The van der Waals surface area contributed by atoms with Crippen LogP contribution in [-0.4, -0.2) is 47.5 Å². The summed E-state index contributed by atoms with van der Waals surface area (Å²) in [6.45, 7) is 0. The summed E-state index contributed by atoms with van der Waals surface area (Å²) in [4.78, 5) is 55.1. The van der Waals surface area contributed by atoms with Gasteiger partial charge in [0, 0.05) is 47.1 Å². The minimum Gasteiger partial charge on any atom is -0.277 e. The largest absolute Gasteiger partial charge is 0.277 e. The Morgan fingerprint density at radius 2 is 0.609 bits per heavy atom. The average Bonchev–Trinajstić information content (AvgIpc) is 3.09. The first kappa shape index (κ1) is 26.3. The van der Waals surface area contributed by atoms with Crippen molar-refractivity contribution in [3.63, 3.8) is 0 Å². The third kappa shape index (κ3) is 3.25. The van der Waals surface area contributed by atoms with Gasteiger partial charge in [-0.1, -0.05) is 84.9 Å². The van der Waals surface area contributed by atoms with Crippen LogP contribution in [0.1, 0.15) is 41.4 Å². The predicted molar refractivity (Wildman–Crippen MR) is 180 cm³/mol. The van der Waals surface area contributed by atoms with Gasteiger partial charge in [0.15, 0.2) is 0 Å². The fourth-order valence-corrected chi connectivity index (χ4v) is 7.58. The van der Waals surface area contributed by atoms with E-state index in [1.54, 1.807) is 12.1 Å². The Bertz CT molecular complexity index is 2320. The predicted octanol–water partition coefficient (Wildman–Crippen LogP) is 8.09. The molecule has 7 aromatic carbocycles. The molecule has 2 aliphatic heterocycles. The third-order valence-electron chi connectivity index (χ3n) is 9.69. The second kappa shape index (κ2) is 9.19. The molecule has 0 aliphatic carbocycles. The number of carbonyl (C=O) groups is 4. The van der Waals surface area contributed by atoms with Gasteiger partial charge in [0.1, 0.15) is 0 Å². The van der Waals surface area contributed by atoms with Crippen molar-refractivity contribution in [3.05, 3.63) is 131 Å². The van der Waals surface area contributed by atoms with Crippen LogP contribution in [0.15, 0.2) is 109 Å². The van der Waals surface area contributed by atoms with Crippen molar-refractivity contribution in [2.24, 2.45) is 0 Å². The van der Waals surface area contributed by atoms with Crippen LogP contribution in [0.2, 0.25) is 0 Å². The summed E-state index contributed by atoms with van der Waals surface area (Å²) < 4.78 is 0. The zero-order valence-corrected chi connectivity index (χ0v) is 24.9. The molecule has 4 amide bonds. The van der Waals surface area contributed by atoms with E-state index in [4.69, 9.17) is 0 Å². The quantitative estimate of drug-likeness (QED) is 0.149. The van der Waals surface area contributed by atoms with Gasteiger partial charge in [0.25, 0.3) is 23.6 Å². The second-order valence-electron chi connectivity index (χ2n) is 12.0. The summed E-state index contributed by atoms with van der Waals surface area (Å²) in [5.41, 5.74) is 5.93. The van der Waals surface area contributed by atoms with Gasteiger partial charge in [-0.05, 0) is 78.8 Å². The van der Waals surface area contributed by atoms with Gasteiger partial charge in [-0.15, -0.1) is 0 Å². The van der Waals surface area contributed by atoms with Gasteiger partial charge in [-0.2, -0.15) is 0 Å².